The minimum atomic E-state index is -4.12. The molecule has 2 atom stereocenters. The number of nitrogens with one attached hydrogen (secondary N) is 1. The monoisotopic (exact) mass is 278 g/mol. The molecule has 1 aliphatic carbocycles. The predicted molar refractivity (Wildman–Crippen MR) is 65.5 cm³/mol. The third kappa shape index (κ3) is 5.79. The van der Waals surface area contributed by atoms with E-state index in [9.17, 15) is 18.4 Å². The summed E-state index contributed by atoms with van der Waals surface area (Å²) in [4.78, 5) is 0. The quantitative estimate of drug-likeness (QED) is 0.759. The zero-order valence-electron chi connectivity index (χ0n) is 11.4. The topological polar surface area (TPSA) is 45.0 Å². The van der Waals surface area contributed by atoms with Crippen molar-refractivity contribution in [3.05, 3.63) is 0 Å². The first-order valence-electron chi connectivity index (χ1n) is 6.64. The number of ether oxygens (including phenoxy) is 1. The number of halogens is 3. The second-order valence-electron chi connectivity index (χ2n) is 5.45. The Morgan fingerprint density at radius 1 is 1.47 bits per heavy atom. The van der Waals surface area contributed by atoms with Gasteiger partial charge in [-0.1, -0.05) is 0 Å². The Morgan fingerprint density at radius 3 is 2.68 bits per heavy atom. The Labute approximate surface area is 112 Å². The minimum absolute atomic E-state index is 0.0167. The zero-order valence-corrected chi connectivity index (χ0v) is 11.4. The smallest absolute Gasteiger partial charge is 0.378 e. The van der Waals surface area contributed by atoms with E-state index in [1.807, 2.05) is 13.8 Å². The van der Waals surface area contributed by atoms with Crippen molar-refractivity contribution in [1.82, 2.24) is 5.32 Å². The van der Waals surface area contributed by atoms with Crippen LogP contribution in [0.25, 0.3) is 0 Å². The average Bonchev–Trinajstić information content (AvgIpc) is 2.67. The van der Waals surface area contributed by atoms with Gasteiger partial charge in [-0.2, -0.15) is 18.4 Å². The normalized spacial score (nSPS) is 27.7. The third-order valence-electron chi connectivity index (χ3n) is 3.21. The van der Waals surface area contributed by atoms with Crippen molar-refractivity contribution in [3.8, 4) is 6.07 Å². The van der Waals surface area contributed by atoms with E-state index in [0.717, 1.165) is 6.42 Å². The number of nitriles is 1. The van der Waals surface area contributed by atoms with Crippen LogP contribution in [-0.2, 0) is 4.74 Å². The molecule has 110 valence electrons. The molecule has 0 saturated heterocycles. The van der Waals surface area contributed by atoms with Crippen LogP contribution < -0.4 is 5.32 Å². The molecular formula is C13H21F3N2O. The molecule has 1 fully saturated rings. The molecular weight excluding hydrogens is 257 g/mol. The highest BCUT2D eigenvalue weighted by Crippen LogP contribution is 2.32. The molecule has 0 bridgehead atoms. The highest BCUT2D eigenvalue weighted by Gasteiger charge is 2.40. The summed E-state index contributed by atoms with van der Waals surface area (Å²) < 4.78 is 41.4. The highest BCUT2D eigenvalue weighted by molar-refractivity contribution is 5.12. The summed E-state index contributed by atoms with van der Waals surface area (Å²) in [5.74, 6) is 0. The van der Waals surface area contributed by atoms with Gasteiger partial charge in [-0.3, -0.25) is 5.32 Å². The molecule has 0 aromatic heterocycles. The van der Waals surface area contributed by atoms with E-state index in [2.05, 4.69) is 11.4 Å². The molecule has 19 heavy (non-hydrogen) atoms. The van der Waals surface area contributed by atoms with Crippen molar-refractivity contribution in [2.75, 3.05) is 6.61 Å². The van der Waals surface area contributed by atoms with Gasteiger partial charge in [0.1, 0.15) is 5.54 Å². The lowest BCUT2D eigenvalue weighted by atomic mass is 9.98. The van der Waals surface area contributed by atoms with Gasteiger partial charge < -0.3 is 4.74 Å². The largest absolute Gasteiger partial charge is 0.389 e. The molecule has 0 aromatic carbocycles. The Balaban J connectivity index is 2.30. The van der Waals surface area contributed by atoms with Crippen LogP contribution in [0, 0.1) is 11.3 Å². The molecule has 1 rings (SSSR count). The van der Waals surface area contributed by atoms with E-state index in [0.29, 0.717) is 12.8 Å². The molecule has 0 amide bonds. The number of alkyl halides is 3. The van der Waals surface area contributed by atoms with E-state index in [1.54, 1.807) is 0 Å². The maximum atomic E-state index is 12.0. The van der Waals surface area contributed by atoms with Crippen LogP contribution in [0.2, 0.25) is 0 Å². The van der Waals surface area contributed by atoms with Crippen LogP contribution in [0.1, 0.15) is 46.0 Å². The third-order valence-corrected chi connectivity index (χ3v) is 3.21. The van der Waals surface area contributed by atoms with E-state index < -0.39 is 18.1 Å². The zero-order chi connectivity index (χ0) is 14.5. The number of hydrogen-bond acceptors (Lipinski definition) is 3. The van der Waals surface area contributed by atoms with Crippen molar-refractivity contribution < 1.29 is 17.9 Å². The number of rotatable bonds is 6. The van der Waals surface area contributed by atoms with Crippen LogP contribution in [0.4, 0.5) is 13.2 Å². The standard InChI is InChI=1S/C13H21F3N2O/c1-10(2)18-12(9-17)6-4-11(8-12)19-7-3-5-13(14,15)16/h10-11,18H,3-8H2,1-2H3. The molecule has 2 unspecified atom stereocenters. The van der Waals surface area contributed by atoms with Crippen molar-refractivity contribution in [2.45, 2.75) is 69.8 Å². The van der Waals surface area contributed by atoms with E-state index in [1.165, 1.54) is 0 Å². The van der Waals surface area contributed by atoms with Crippen molar-refractivity contribution in [2.24, 2.45) is 0 Å². The summed E-state index contributed by atoms with van der Waals surface area (Å²) in [6.45, 7) is 4.04. The van der Waals surface area contributed by atoms with Gasteiger partial charge in [-0.15, -0.1) is 0 Å². The molecule has 0 radical (unpaired) electrons. The molecule has 0 spiro atoms. The molecule has 3 nitrogen and oxygen atoms in total. The summed E-state index contributed by atoms with van der Waals surface area (Å²) in [6, 6.07) is 2.48. The second-order valence-corrected chi connectivity index (χ2v) is 5.45. The van der Waals surface area contributed by atoms with E-state index >= 15 is 0 Å². The van der Waals surface area contributed by atoms with Crippen LogP contribution in [-0.4, -0.2) is 30.5 Å². The lowest BCUT2D eigenvalue weighted by molar-refractivity contribution is -0.138. The molecule has 6 heteroatoms. The van der Waals surface area contributed by atoms with E-state index in [4.69, 9.17) is 4.74 Å². The lowest BCUT2D eigenvalue weighted by Crippen LogP contribution is -2.45. The maximum Gasteiger partial charge on any atom is 0.389 e. The lowest BCUT2D eigenvalue weighted by Gasteiger charge is -2.25. The Kier molecular flexibility index (Phi) is 5.63. The van der Waals surface area contributed by atoms with Gasteiger partial charge in [-0.25, -0.2) is 0 Å². The number of nitrogens with zero attached hydrogens (tertiary/aromatic N) is 1. The fraction of sp³-hybridized carbons (Fsp3) is 0.923. The number of hydrogen-bond donors (Lipinski definition) is 1. The predicted octanol–water partition coefficient (Wildman–Crippen LogP) is 3.16. The SMILES string of the molecule is CC(C)NC1(C#N)CCC(OCCCC(F)(F)F)C1. The first kappa shape index (κ1) is 16.3. The molecule has 1 saturated carbocycles. The highest BCUT2D eigenvalue weighted by atomic mass is 19.4. The van der Waals surface area contributed by atoms with Gasteiger partial charge in [0.25, 0.3) is 0 Å². The first-order valence-corrected chi connectivity index (χ1v) is 6.64. The molecule has 0 heterocycles. The van der Waals surface area contributed by atoms with Crippen LogP contribution in [0.3, 0.4) is 0 Å². The Morgan fingerprint density at radius 2 is 2.16 bits per heavy atom. The fourth-order valence-electron chi connectivity index (χ4n) is 2.48. The van der Waals surface area contributed by atoms with Crippen LogP contribution >= 0.6 is 0 Å². The van der Waals surface area contributed by atoms with Crippen molar-refractivity contribution in [3.63, 3.8) is 0 Å². The van der Waals surface area contributed by atoms with E-state index in [-0.39, 0.29) is 25.2 Å². The Bertz CT molecular complexity index is 325. The second kappa shape index (κ2) is 6.58. The van der Waals surface area contributed by atoms with Crippen LogP contribution in [0.15, 0.2) is 0 Å². The molecule has 1 aliphatic rings. The van der Waals surface area contributed by atoms with Crippen molar-refractivity contribution >= 4 is 0 Å². The van der Waals surface area contributed by atoms with Gasteiger partial charge in [0, 0.05) is 25.5 Å². The summed E-state index contributed by atoms with van der Waals surface area (Å²) in [6.07, 6.45) is -3.10. The Hall–Kier alpha value is -0.800. The molecule has 0 aromatic rings. The first-order chi connectivity index (χ1) is 8.76. The summed E-state index contributed by atoms with van der Waals surface area (Å²) in [5.41, 5.74) is -0.580. The average molecular weight is 278 g/mol. The van der Waals surface area contributed by atoms with Crippen molar-refractivity contribution in [1.29, 1.82) is 5.26 Å². The molecule has 1 N–H and O–H groups in total. The summed E-state index contributed by atoms with van der Waals surface area (Å²) in [5, 5.41) is 12.5. The van der Waals surface area contributed by atoms with Gasteiger partial charge in [-0.05, 0) is 33.1 Å². The van der Waals surface area contributed by atoms with Gasteiger partial charge in [0.2, 0.25) is 0 Å². The van der Waals surface area contributed by atoms with Gasteiger partial charge in [0.05, 0.1) is 12.2 Å². The van der Waals surface area contributed by atoms with Crippen LogP contribution in [0.5, 0.6) is 0 Å². The summed E-state index contributed by atoms with van der Waals surface area (Å²) in [7, 11) is 0. The van der Waals surface area contributed by atoms with Gasteiger partial charge in [0.15, 0.2) is 0 Å². The minimum Gasteiger partial charge on any atom is -0.378 e. The molecule has 0 aliphatic heterocycles. The fourth-order valence-corrected chi connectivity index (χ4v) is 2.48. The summed E-state index contributed by atoms with van der Waals surface area (Å²) >= 11 is 0. The maximum absolute atomic E-state index is 12.0. The van der Waals surface area contributed by atoms with Gasteiger partial charge >= 0.3 is 6.18 Å².